The summed E-state index contributed by atoms with van der Waals surface area (Å²) in [5.41, 5.74) is 7.40. The van der Waals surface area contributed by atoms with Crippen LogP contribution in [0.15, 0.2) is 18.2 Å². The van der Waals surface area contributed by atoms with E-state index >= 15 is 0 Å². The SMILES string of the molecule is COC(=O)c1ccc(C#CCCS)c(N)c1. The summed E-state index contributed by atoms with van der Waals surface area (Å²) >= 11 is 4.05. The normalized spacial score (nSPS) is 9.12. The van der Waals surface area contributed by atoms with Crippen molar-refractivity contribution in [2.45, 2.75) is 6.42 Å². The Labute approximate surface area is 100 Å². The molecular weight excluding hydrogens is 222 g/mol. The molecule has 0 aliphatic heterocycles. The molecule has 0 aliphatic carbocycles. The number of carbonyl (C=O) groups excluding carboxylic acids is 1. The molecule has 1 rings (SSSR count). The first-order chi connectivity index (χ1) is 7.69. The van der Waals surface area contributed by atoms with Gasteiger partial charge < -0.3 is 10.5 Å². The number of nitrogen functional groups attached to an aromatic ring is 1. The Bertz CT molecular complexity index is 446. The van der Waals surface area contributed by atoms with Gasteiger partial charge >= 0.3 is 5.97 Å². The molecule has 0 heterocycles. The molecule has 2 N–H and O–H groups in total. The van der Waals surface area contributed by atoms with Gasteiger partial charge in [-0.3, -0.25) is 0 Å². The second-order valence-electron chi connectivity index (χ2n) is 3.07. The molecule has 0 aliphatic rings. The van der Waals surface area contributed by atoms with Crippen LogP contribution in [0.3, 0.4) is 0 Å². The number of thiol groups is 1. The number of carbonyl (C=O) groups is 1. The third kappa shape index (κ3) is 3.21. The number of benzene rings is 1. The standard InChI is InChI=1S/C12H13NO2S/c1-15-12(14)10-6-5-9(11(13)8-10)4-2-3-7-16/h5-6,8,16H,3,7,13H2,1H3. The summed E-state index contributed by atoms with van der Waals surface area (Å²) in [5.74, 6) is 6.17. The number of anilines is 1. The van der Waals surface area contributed by atoms with E-state index in [2.05, 4.69) is 29.2 Å². The van der Waals surface area contributed by atoms with Gasteiger partial charge in [-0.2, -0.15) is 12.6 Å². The smallest absolute Gasteiger partial charge is 0.337 e. The Morgan fingerprint density at radius 2 is 2.31 bits per heavy atom. The summed E-state index contributed by atoms with van der Waals surface area (Å²) in [5, 5.41) is 0. The Balaban J connectivity index is 2.93. The lowest BCUT2D eigenvalue weighted by molar-refractivity contribution is 0.0601. The fourth-order valence-electron chi connectivity index (χ4n) is 1.14. The molecule has 0 fully saturated rings. The zero-order valence-electron chi connectivity index (χ0n) is 8.99. The molecule has 4 heteroatoms. The molecule has 0 saturated carbocycles. The van der Waals surface area contributed by atoms with Crippen molar-refractivity contribution in [3.63, 3.8) is 0 Å². The second kappa shape index (κ2) is 6.09. The zero-order valence-corrected chi connectivity index (χ0v) is 9.88. The maximum absolute atomic E-state index is 11.2. The lowest BCUT2D eigenvalue weighted by atomic mass is 10.1. The minimum atomic E-state index is -0.401. The quantitative estimate of drug-likeness (QED) is 0.355. The summed E-state index contributed by atoms with van der Waals surface area (Å²) < 4.78 is 4.59. The molecule has 0 radical (unpaired) electrons. The first kappa shape index (κ1) is 12.5. The van der Waals surface area contributed by atoms with Crippen LogP contribution in [-0.2, 0) is 4.74 Å². The summed E-state index contributed by atoms with van der Waals surface area (Å²) in [4.78, 5) is 11.2. The van der Waals surface area contributed by atoms with Crippen LogP contribution in [0.1, 0.15) is 22.3 Å². The second-order valence-corrected chi connectivity index (χ2v) is 3.52. The fourth-order valence-corrected chi connectivity index (χ4v) is 1.25. The minimum Gasteiger partial charge on any atom is -0.465 e. The average molecular weight is 235 g/mol. The highest BCUT2D eigenvalue weighted by atomic mass is 32.1. The largest absolute Gasteiger partial charge is 0.465 e. The molecule has 1 aromatic rings. The number of ether oxygens (including phenoxy) is 1. The van der Waals surface area contributed by atoms with Crippen molar-refractivity contribution in [1.82, 2.24) is 0 Å². The predicted molar refractivity (Wildman–Crippen MR) is 67.5 cm³/mol. The molecule has 0 amide bonds. The van der Waals surface area contributed by atoms with Crippen LogP contribution < -0.4 is 5.73 Å². The topological polar surface area (TPSA) is 52.3 Å². The summed E-state index contributed by atoms with van der Waals surface area (Å²) in [7, 11) is 1.33. The number of hydrogen-bond acceptors (Lipinski definition) is 4. The highest BCUT2D eigenvalue weighted by Crippen LogP contribution is 2.13. The van der Waals surface area contributed by atoms with Crippen LogP contribution in [0.2, 0.25) is 0 Å². The third-order valence-corrected chi connectivity index (χ3v) is 2.16. The summed E-state index contributed by atoms with van der Waals surface area (Å²) in [6.45, 7) is 0. The molecule has 1 aromatic carbocycles. The van der Waals surface area contributed by atoms with Crippen molar-refractivity contribution in [3.05, 3.63) is 29.3 Å². The van der Waals surface area contributed by atoms with Crippen molar-refractivity contribution in [1.29, 1.82) is 0 Å². The predicted octanol–water partition coefficient (Wildman–Crippen LogP) is 1.73. The molecule has 84 valence electrons. The first-order valence-electron chi connectivity index (χ1n) is 4.76. The lowest BCUT2D eigenvalue weighted by Gasteiger charge is -2.02. The molecule has 3 nitrogen and oxygen atoms in total. The van der Waals surface area contributed by atoms with E-state index in [1.807, 2.05) is 0 Å². The van der Waals surface area contributed by atoms with E-state index in [0.717, 1.165) is 5.56 Å². The van der Waals surface area contributed by atoms with E-state index in [0.29, 0.717) is 23.4 Å². The van der Waals surface area contributed by atoms with Crippen LogP contribution in [0, 0.1) is 11.8 Å². The van der Waals surface area contributed by atoms with Crippen molar-refractivity contribution < 1.29 is 9.53 Å². The van der Waals surface area contributed by atoms with Crippen molar-refractivity contribution >= 4 is 24.3 Å². The molecule has 0 unspecified atom stereocenters. The molecule has 0 aromatic heterocycles. The monoisotopic (exact) mass is 235 g/mol. The highest BCUT2D eigenvalue weighted by molar-refractivity contribution is 7.80. The van der Waals surface area contributed by atoms with E-state index in [4.69, 9.17) is 5.73 Å². The maximum atomic E-state index is 11.2. The molecule has 16 heavy (non-hydrogen) atoms. The van der Waals surface area contributed by atoms with Gasteiger partial charge in [0.25, 0.3) is 0 Å². The number of hydrogen-bond donors (Lipinski definition) is 2. The fraction of sp³-hybridized carbons (Fsp3) is 0.250. The molecule has 0 saturated heterocycles. The van der Waals surface area contributed by atoms with Crippen LogP contribution >= 0.6 is 12.6 Å². The van der Waals surface area contributed by atoms with Gasteiger partial charge in [0, 0.05) is 23.4 Å². The molecule has 0 spiro atoms. The van der Waals surface area contributed by atoms with Crippen molar-refractivity contribution in [3.8, 4) is 11.8 Å². The van der Waals surface area contributed by atoms with E-state index in [9.17, 15) is 4.79 Å². The zero-order chi connectivity index (χ0) is 12.0. The number of esters is 1. The minimum absolute atomic E-state index is 0.401. The van der Waals surface area contributed by atoms with Crippen LogP contribution in [0.4, 0.5) is 5.69 Å². The van der Waals surface area contributed by atoms with Crippen LogP contribution in [0.5, 0.6) is 0 Å². The van der Waals surface area contributed by atoms with E-state index in [1.54, 1.807) is 18.2 Å². The van der Waals surface area contributed by atoms with E-state index in [1.165, 1.54) is 7.11 Å². The summed E-state index contributed by atoms with van der Waals surface area (Å²) in [6, 6.07) is 4.93. The van der Waals surface area contributed by atoms with Gasteiger partial charge in [-0.25, -0.2) is 4.79 Å². The highest BCUT2D eigenvalue weighted by Gasteiger charge is 2.06. The van der Waals surface area contributed by atoms with Crippen LogP contribution in [-0.4, -0.2) is 18.8 Å². The maximum Gasteiger partial charge on any atom is 0.337 e. The first-order valence-corrected chi connectivity index (χ1v) is 5.40. The van der Waals surface area contributed by atoms with Crippen molar-refractivity contribution in [2.24, 2.45) is 0 Å². The van der Waals surface area contributed by atoms with E-state index < -0.39 is 5.97 Å². The summed E-state index contributed by atoms with van der Waals surface area (Å²) in [6.07, 6.45) is 0.710. The van der Waals surface area contributed by atoms with Gasteiger partial charge in [0.2, 0.25) is 0 Å². The Morgan fingerprint density at radius 3 is 2.88 bits per heavy atom. The van der Waals surface area contributed by atoms with Crippen molar-refractivity contribution in [2.75, 3.05) is 18.6 Å². The van der Waals surface area contributed by atoms with E-state index in [-0.39, 0.29) is 0 Å². The van der Waals surface area contributed by atoms with Gasteiger partial charge in [0.1, 0.15) is 0 Å². The molecular formula is C12H13NO2S. The van der Waals surface area contributed by atoms with Gasteiger partial charge in [0.05, 0.1) is 12.7 Å². The average Bonchev–Trinajstić information content (AvgIpc) is 2.30. The van der Waals surface area contributed by atoms with Gasteiger partial charge in [-0.1, -0.05) is 11.8 Å². The number of nitrogens with two attached hydrogens (primary N) is 1. The Hall–Kier alpha value is -1.60. The molecule has 0 atom stereocenters. The number of methoxy groups -OCH3 is 1. The Kier molecular flexibility index (Phi) is 4.74. The molecule has 0 bridgehead atoms. The van der Waals surface area contributed by atoms with Crippen LogP contribution in [0.25, 0.3) is 0 Å². The van der Waals surface area contributed by atoms with Gasteiger partial charge in [0.15, 0.2) is 0 Å². The lowest BCUT2D eigenvalue weighted by Crippen LogP contribution is -2.02. The Morgan fingerprint density at radius 1 is 1.56 bits per heavy atom. The third-order valence-electron chi connectivity index (χ3n) is 1.93. The van der Waals surface area contributed by atoms with Gasteiger partial charge in [-0.15, -0.1) is 0 Å². The number of rotatable bonds is 2. The van der Waals surface area contributed by atoms with Gasteiger partial charge in [-0.05, 0) is 18.2 Å².